The third-order valence-corrected chi connectivity index (χ3v) is 8.89. The SMILES string of the molecule is Cc1ccc(N(CCCN2CC3CN(C(=O)c4c(F)cccc4Cl)CC3C2)C(=O)O)cc1Cl.FC1(F)CCCCC1. The lowest BCUT2D eigenvalue weighted by molar-refractivity contribution is -0.0337. The number of anilines is 1. The molecule has 2 aliphatic heterocycles. The molecule has 2 heterocycles. The van der Waals surface area contributed by atoms with Crippen molar-refractivity contribution in [2.24, 2.45) is 11.8 Å². The lowest BCUT2D eigenvalue weighted by Gasteiger charge is -2.24. The predicted molar refractivity (Wildman–Crippen MR) is 155 cm³/mol. The van der Waals surface area contributed by atoms with E-state index in [9.17, 15) is 27.9 Å². The first kappa shape index (κ1) is 31.4. The fourth-order valence-electron chi connectivity index (χ4n) is 5.91. The number of carboxylic acid groups (broad SMARTS) is 1. The Hall–Kier alpha value is -2.49. The Morgan fingerprint density at radius 2 is 1.66 bits per heavy atom. The van der Waals surface area contributed by atoms with Gasteiger partial charge >= 0.3 is 6.09 Å². The molecule has 2 unspecified atom stereocenters. The molecule has 1 aliphatic carbocycles. The first-order valence-electron chi connectivity index (χ1n) is 14.1. The Bertz CT molecular complexity index is 1210. The van der Waals surface area contributed by atoms with Crippen molar-refractivity contribution in [3.05, 3.63) is 63.4 Å². The smallest absolute Gasteiger partial charge is 0.411 e. The number of halogens is 5. The Kier molecular flexibility index (Phi) is 10.5. The van der Waals surface area contributed by atoms with E-state index in [-0.39, 0.29) is 29.3 Å². The average molecular weight is 615 g/mol. The Labute approximate surface area is 249 Å². The van der Waals surface area contributed by atoms with E-state index in [1.807, 2.05) is 13.0 Å². The summed E-state index contributed by atoms with van der Waals surface area (Å²) in [4.78, 5) is 29.9. The van der Waals surface area contributed by atoms with Crippen LogP contribution in [0.3, 0.4) is 0 Å². The summed E-state index contributed by atoms with van der Waals surface area (Å²) in [5, 5.41) is 10.3. The van der Waals surface area contributed by atoms with Crippen molar-refractivity contribution in [2.75, 3.05) is 44.2 Å². The van der Waals surface area contributed by atoms with Gasteiger partial charge in [-0.25, -0.2) is 18.0 Å². The second-order valence-corrected chi connectivity index (χ2v) is 12.0. The highest BCUT2D eigenvalue weighted by atomic mass is 35.5. The number of likely N-dealkylation sites (tertiary alicyclic amines) is 2. The minimum atomic E-state index is -2.32. The normalized spacial score (nSPS) is 21.7. The number of aryl methyl sites for hydroxylation is 1. The number of hydrogen-bond donors (Lipinski definition) is 1. The summed E-state index contributed by atoms with van der Waals surface area (Å²) in [5.41, 5.74) is 1.41. The van der Waals surface area contributed by atoms with Crippen LogP contribution in [0, 0.1) is 24.6 Å². The van der Waals surface area contributed by atoms with Gasteiger partial charge in [-0.05, 0) is 74.4 Å². The van der Waals surface area contributed by atoms with Crippen LogP contribution in [0.25, 0.3) is 0 Å². The molecule has 11 heteroatoms. The summed E-state index contributed by atoms with van der Waals surface area (Å²) in [6.45, 7) is 5.84. The maximum atomic E-state index is 14.1. The summed E-state index contributed by atoms with van der Waals surface area (Å²) < 4.78 is 38.5. The maximum Gasteiger partial charge on any atom is 0.411 e. The van der Waals surface area contributed by atoms with Crippen LogP contribution in [-0.4, -0.2) is 72.1 Å². The first-order chi connectivity index (χ1) is 19.4. The largest absolute Gasteiger partial charge is 0.465 e. The summed E-state index contributed by atoms with van der Waals surface area (Å²) >= 11 is 12.2. The van der Waals surface area contributed by atoms with Gasteiger partial charge in [-0.15, -0.1) is 0 Å². The molecule has 3 aliphatic rings. The van der Waals surface area contributed by atoms with Gasteiger partial charge in [-0.3, -0.25) is 9.69 Å². The second kappa shape index (κ2) is 13.7. The standard InChI is InChI=1S/C24H26Cl2FN3O3.C6H10F2/c1-15-6-7-18(10-20(15)26)30(24(32)33)9-3-8-28-11-16-13-29(14-17(16)12-28)23(31)22-19(25)4-2-5-21(22)27;7-6(8)4-2-1-3-5-6/h2,4-7,10,16-17H,3,8-9,11-14H2,1H3,(H,32,33);1-5H2. The molecule has 0 radical (unpaired) electrons. The van der Waals surface area contributed by atoms with Crippen molar-refractivity contribution in [1.82, 2.24) is 9.80 Å². The molecular weight excluding hydrogens is 578 g/mol. The zero-order valence-corrected chi connectivity index (χ0v) is 24.6. The number of carbonyl (C=O) groups is 2. The fraction of sp³-hybridized carbons (Fsp3) is 0.533. The summed E-state index contributed by atoms with van der Waals surface area (Å²) in [5.74, 6) is -2.62. The molecule has 1 saturated carbocycles. The third-order valence-electron chi connectivity index (χ3n) is 8.16. The molecule has 2 aromatic carbocycles. The Morgan fingerprint density at radius 3 is 2.20 bits per heavy atom. The number of nitrogens with zero attached hydrogens (tertiary/aromatic N) is 3. The number of fused-ring (bicyclic) bond motifs is 1. The first-order valence-corrected chi connectivity index (χ1v) is 14.8. The molecule has 2 amide bonds. The monoisotopic (exact) mass is 613 g/mol. The highest BCUT2D eigenvalue weighted by Crippen LogP contribution is 2.34. The number of alkyl halides is 2. The van der Waals surface area contributed by atoms with E-state index in [0.29, 0.717) is 61.4 Å². The summed E-state index contributed by atoms with van der Waals surface area (Å²) in [6.07, 6.45) is 2.34. The van der Waals surface area contributed by atoms with Gasteiger partial charge in [0.05, 0.1) is 10.6 Å². The van der Waals surface area contributed by atoms with E-state index >= 15 is 0 Å². The lowest BCUT2D eigenvalue weighted by atomic mass is 9.97. The minimum absolute atomic E-state index is 0.0547. The average Bonchev–Trinajstić information content (AvgIpc) is 3.47. The number of amides is 2. The van der Waals surface area contributed by atoms with Gasteiger partial charge in [0.2, 0.25) is 5.92 Å². The van der Waals surface area contributed by atoms with Gasteiger partial charge in [-0.2, -0.15) is 0 Å². The van der Waals surface area contributed by atoms with Crippen molar-refractivity contribution in [2.45, 2.75) is 51.4 Å². The maximum absolute atomic E-state index is 14.1. The van der Waals surface area contributed by atoms with Crippen LogP contribution < -0.4 is 4.90 Å². The molecule has 0 bridgehead atoms. The zero-order valence-electron chi connectivity index (χ0n) is 23.1. The molecule has 5 rings (SSSR count). The molecule has 2 saturated heterocycles. The molecule has 2 atom stereocenters. The molecule has 224 valence electrons. The van der Waals surface area contributed by atoms with E-state index in [2.05, 4.69) is 4.90 Å². The topological polar surface area (TPSA) is 64.1 Å². The van der Waals surface area contributed by atoms with Gasteiger partial charge in [0, 0.05) is 56.3 Å². The van der Waals surface area contributed by atoms with E-state index in [0.717, 1.165) is 31.6 Å². The fourth-order valence-corrected chi connectivity index (χ4v) is 6.32. The van der Waals surface area contributed by atoms with Crippen LogP contribution in [0.5, 0.6) is 0 Å². The van der Waals surface area contributed by atoms with E-state index in [4.69, 9.17) is 23.2 Å². The summed E-state index contributed by atoms with van der Waals surface area (Å²) in [7, 11) is 0. The molecule has 41 heavy (non-hydrogen) atoms. The number of rotatable bonds is 6. The molecule has 1 N–H and O–H groups in total. The minimum Gasteiger partial charge on any atom is -0.465 e. The van der Waals surface area contributed by atoms with Crippen molar-refractivity contribution < 1.29 is 27.9 Å². The number of benzene rings is 2. The Balaban J connectivity index is 0.000000417. The lowest BCUT2D eigenvalue weighted by Crippen LogP contribution is -2.35. The van der Waals surface area contributed by atoms with Crippen LogP contribution >= 0.6 is 23.2 Å². The highest BCUT2D eigenvalue weighted by molar-refractivity contribution is 6.33. The van der Waals surface area contributed by atoms with Gasteiger partial charge in [0.15, 0.2) is 0 Å². The van der Waals surface area contributed by atoms with E-state index in [1.54, 1.807) is 17.0 Å². The van der Waals surface area contributed by atoms with Crippen LogP contribution in [0.1, 0.15) is 54.4 Å². The van der Waals surface area contributed by atoms with Crippen LogP contribution in [0.2, 0.25) is 10.0 Å². The molecule has 0 spiro atoms. The van der Waals surface area contributed by atoms with Gasteiger partial charge in [0.25, 0.3) is 5.91 Å². The highest BCUT2D eigenvalue weighted by Gasteiger charge is 2.42. The van der Waals surface area contributed by atoms with E-state index < -0.39 is 17.8 Å². The molecule has 6 nitrogen and oxygen atoms in total. The van der Waals surface area contributed by atoms with Gasteiger partial charge < -0.3 is 14.9 Å². The van der Waals surface area contributed by atoms with Crippen molar-refractivity contribution in [1.29, 1.82) is 0 Å². The van der Waals surface area contributed by atoms with Crippen LogP contribution in [-0.2, 0) is 0 Å². The van der Waals surface area contributed by atoms with Gasteiger partial charge in [0.1, 0.15) is 5.82 Å². The van der Waals surface area contributed by atoms with Crippen molar-refractivity contribution in [3.8, 4) is 0 Å². The molecule has 3 fully saturated rings. The number of carbonyl (C=O) groups excluding carboxylic acids is 1. The van der Waals surface area contributed by atoms with Crippen LogP contribution in [0.15, 0.2) is 36.4 Å². The van der Waals surface area contributed by atoms with Crippen LogP contribution in [0.4, 0.5) is 23.7 Å². The predicted octanol–water partition coefficient (Wildman–Crippen LogP) is 7.61. The van der Waals surface area contributed by atoms with Gasteiger partial charge in [-0.1, -0.05) is 41.8 Å². The molecular formula is C30H36Cl2F3N3O3. The Morgan fingerprint density at radius 1 is 1.00 bits per heavy atom. The quantitative estimate of drug-likeness (QED) is 0.364. The zero-order chi connectivity index (χ0) is 29.7. The summed E-state index contributed by atoms with van der Waals surface area (Å²) in [6, 6.07) is 9.53. The van der Waals surface area contributed by atoms with E-state index in [1.165, 1.54) is 23.1 Å². The molecule has 0 aromatic heterocycles. The van der Waals surface area contributed by atoms with Crippen molar-refractivity contribution in [3.63, 3.8) is 0 Å². The molecule has 2 aromatic rings. The second-order valence-electron chi connectivity index (χ2n) is 11.2. The van der Waals surface area contributed by atoms with Crippen molar-refractivity contribution >= 4 is 40.9 Å². The third kappa shape index (κ3) is 8.08. The number of hydrogen-bond acceptors (Lipinski definition) is 3.